The van der Waals surface area contributed by atoms with Gasteiger partial charge in [-0.3, -0.25) is 24.8 Å². The molecule has 3 fully saturated rings. The van der Waals surface area contributed by atoms with Gasteiger partial charge in [0.05, 0.1) is 21.3 Å². The number of carboxylic acids is 1. The van der Waals surface area contributed by atoms with E-state index in [0.29, 0.717) is 28.6 Å². The number of hydroxylamine groups is 1. The van der Waals surface area contributed by atoms with Crippen LogP contribution in [0.4, 0.5) is 5.69 Å². The molecule has 0 spiro atoms. The average molecular weight is 769 g/mol. The number of benzene rings is 1. The summed E-state index contributed by atoms with van der Waals surface area (Å²) in [7, 11) is 1.66. The average Bonchev–Trinajstić information content (AvgIpc) is 3.42. The van der Waals surface area contributed by atoms with E-state index < -0.39 is 53.4 Å². The van der Waals surface area contributed by atoms with Gasteiger partial charge in [0.15, 0.2) is 6.23 Å². The van der Waals surface area contributed by atoms with Gasteiger partial charge in [-0.25, -0.2) is 4.98 Å². The third-order valence-electron chi connectivity index (χ3n) is 13.0. The van der Waals surface area contributed by atoms with Crippen molar-refractivity contribution in [2.45, 2.75) is 88.0 Å². The Morgan fingerprint density at radius 1 is 1.17 bits per heavy atom. The number of ether oxygens (including phenoxy) is 1. The number of thioether (sulfide) groups is 1. The van der Waals surface area contributed by atoms with Crippen molar-refractivity contribution in [2.75, 3.05) is 37.5 Å². The molecule has 4 N–H and O–H groups in total. The van der Waals surface area contributed by atoms with Crippen LogP contribution in [0.2, 0.25) is 5.02 Å². The molecule has 11 nitrogen and oxygen atoms in total. The lowest BCUT2D eigenvalue weighted by atomic mass is 9.49. The number of nitrogens with zero attached hydrogens (tertiary/aromatic N) is 3. The zero-order valence-corrected chi connectivity index (χ0v) is 32.7. The van der Waals surface area contributed by atoms with Crippen LogP contribution in [0.15, 0.2) is 59.3 Å². The van der Waals surface area contributed by atoms with Crippen LogP contribution in [0.5, 0.6) is 0 Å². The highest BCUT2D eigenvalue weighted by Crippen LogP contribution is 2.61. The molecule has 12 atom stereocenters. The monoisotopic (exact) mass is 768 g/mol. The first-order valence-electron chi connectivity index (χ1n) is 19.0. The highest BCUT2D eigenvalue weighted by molar-refractivity contribution is 7.99. The van der Waals surface area contributed by atoms with E-state index in [0.717, 1.165) is 48.8 Å². The second-order valence-corrected chi connectivity index (χ2v) is 17.6. The van der Waals surface area contributed by atoms with E-state index in [4.69, 9.17) is 21.2 Å². The molecular weight excluding hydrogens is 716 g/mol. The predicted octanol–water partition coefficient (Wildman–Crippen LogP) is 5.34. The third-order valence-corrected chi connectivity index (χ3v) is 14.5. The summed E-state index contributed by atoms with van der Waals surface area (Å²) in [5.41, 5.74) is -1.93. The normalized spacial score (nSPS) is 37.5. The number of halogens is 1. The zero-order valence-electron chi connectivity index (χ0n) is 31.2. The largest absolute Gasteiger partial charge is 0.480 e. The van der Waals surface area contributed by atoms with Crippen molar-refractivity contribution >= 4 is 41.0 Å². The summed E-state index contributed by atoms with van der Waals surface area (Å²) in [6, 6.07) is 9.82. The number of anilines is 1. The molecule has 288 valence electrons. The number of hydrogen-bond donors (Lipinski definition) is 4. The van der Waals surface area contributed by atoms with Crippen LogP contribution in [-0.2, 0) is 24.8 Å². The number of fused-ring (bicyclic) bond motifs is 4. The van der Waals surface area contributed by atoms with Crippen molar-refractivity contribution in [1.82, 2.24) is 15.2 Å². The molecule has 1 saturated carbocycles. The van der Waals surface area contributed by atoms with Gasteiger partial charge >= 0.3 is 11.9 Å². The molecule has 1 aromatic heterocycles. The van der Waals surface area contributed by atoms with E-state index in [1.54, 1.807) is 25.2 Å². The van der Waals surface area contributed by atoms with Crippen LogP contribution in [0.25, 0.3) is 0 Å². The molecule has 0 bridgehead atoms. The maximum atomic E-state index is 13.5. The Hall–Kier alpha value is -2.71. The van der Waals surface area contributed by atoms with Crippen molar-refractivity contribution in [3.05, 3.63) is 64.8 Å². The van der Waals surface area contributed by atoms with E-state index in [1.807, 2.05) is 43.9 Å². The highest BCUT2D eigenvalue weighted by Gasteiger charge is 2.71. The molecule has 3 unspecified atom stereocenters. The van der Waals surface area contributed by atoms with Crippen molar-refractivity contribution < 1.29 is 34.5 Å². The van der Waals surface area contributed by atoms with Crippen molar-refractivity contribution in [3.8, 4) is 0 Å². The Kier molecular flexibility index (Phi) is 11.0. The zero-order chi connectivity index (χ0) is 37.8. The van der Waals surface area contributed by atoms with Crippen LogP contribution < -0.4 is 10.4 Å². The second-order valence-electron chi connectivity index (χ2n) is 16.2. The summed E-state index contributed by atoms with van der Waals surface area (Å²) >= 11 is 8.50. The molecule has 0 amide bonds. The number of para-hydroxylation sites is 1. The van der Waals surface area contributed by atoms with E-state index in [2.05, 4.69) is 34.3 Å². The van der Waals surface area contributed by atoms with Crippen LogP contribution in [0, 0.1) is 41.4 Å². The topological polar surface area (TPSA) is 145 Å². The van der Waals surface area contributed by atoms with Crippen molar-refractivity contribution in [2.24, 2.45) is 41.4 Å². The highest BCUT2D eigenvalue weighted by atomic mass is 35.5. The molecular formula is C40H53ClN4O7S. The van der Waals surface area contributed by atoms with Crippen LogP contribution >= 0.6 is 23.4 Å². The summed E-state index contributed by atoms with van der Waals surface area (Å²) < 4.78 is 6.07. The molecule has 7 rings (SSSR count). The number of esters is 1. The van der Waals surface area contributed by atoms with E-state index in [9.17, 15) is 24.9 Å². The summed E-state index contributed by atoms with van der Waals surface area (Å²) in [6.07, 6.45) is 5.67. The fourth-order valence-corrected chi connectivity index (χ4v) is 11.9. The molecule has 2 aromatic rings. The standard InChI is InChI=1S/C40H53ClN4O7S/c1-22-18-29-27(23(2)19-45-17-9-10-26(20-45)21-53-31-13-6-7-16-42-31)15-14-24(3)39(29,49)33(36(22)51-25(4)46)32-34(37(47)48)43-38-40(32,50)28-11-8-12-30(41)35(28)44(5)52-38/h6-8,11-13,16,18,23-24,26-27,29,32-34,36,38,43,49-50H,9-10,14-15,17,19-21H2,1-5H3,(H,47,48)/t23?,24-,26?,27+,29-,32+,33?,34+,36+,38-,39-,40+/m1/s1. The predicted molar refractivity (Wildman–Crippen MR) is 203 cm³/mol. The molecule has 1 aromatic carbocycles. The Morgan fingerprint density at radius 2 is 1.96 bits per heavy atom. The number of piperidine rings is 1. The van der Waals surface area contributed by atoms with Gasteiger partial charge in [0.2, 0.25) is 0 Å². The fraction of sp³-hybridized carbons (Fsp3) is 0.625. The fourth-order valence-electron chi connectivity index (χ4n) is 10.7. The Balaban J connectivity index is 1.24. The molecule has 5 aliphatic rings. The van der Waals surface area contributed by atoms with Gasteiger partial charge in [-0.1, -0.05) is 49.7 Å². The number of carbonyl (C=O) groups is 2. The van der Waals surface area contributed by atoms with Crippen molar-refractivity contribution in [1.29, 1.82) is 0 Å². The van der Waals surface area contributed by atoms with Gasteiger partial charge in [-0.05, 0) is 86.6 Å². The number of nitrogens with one attached hydrogen (secondary N) is 1. The van der Waals surface area contributed by atoms with Gasteiger partial charge in [0, 0.05) is 62.3 Å². The Labute approximate surface area is 321 Å². The number of likely N-dealkylation sites (tertiary alicyclic amines) is 1. The molecule has 13 heteroatoms. The summed E-state index contributed by atoms with van der Waals surface area (Å²) in [5, 5.41) is 43.3. The number of aliphatic hydroxyl groups is 2. The minimum absolute atomic E-state index is 0.0637. The molecule has 3 aliphatic heterocycles. The summed E-state index contributed by atoms with van der Waals surface area (Å²) in [6.45, 7) is 10.4. The lowest BCUT2D eigenvalue weighted by molar-refractivity contribution is -0.227. The maximum absolute atomic E-state index is 13.5. The summed E-state index contributed by atoms with van der Waals surface area (Å²) in [4.78, 5) is 39.2. The van der Waals surface area contributed by atoms with Gasteiger partial charge in [-0.15, -0.1) is 11.8 Å². The second kappa shape index (κ2) is 15.1. The van der Waals surface area contributed by atoms with Crippen LogP contribution in [-0.4, -0.2) is 93.6 Å². The molecule has 0 radical (unpaired) electrons. The van der Waals surface area contributed by atoms with Crippen LogP contribution in [0.3, 0.4) is 0 Å². The van der Waals surface area contributed by atoms with Crippen molar-refractivity contribution in [3.63, 3.8) is 0 Å². The number of aromatic nitrogens is 1. The minimum atomic E-state index is -1.95. The number of carbonyl (C=O) groups excluding carboxylic acids is 1. The molecule has 4 heterocycles. The SMILES string of the molecule is CC(=O)O[C@H]1C(C)=C[C@@H]2[C@H](C(C)CN3CCCC(CSc4ccccn4)C3)CC[C@@H](C)[C@]2(O)C1[C@H]1[C@@H](C(=O)O)N[C@@H]2ON(C)c3c(Cl)cccc3[C@@]21O. The minimum Gasteiger partial charge on any atom is -0.480 e. The van der Waals surface area contributed by atoms with Gasteiger partial charge < -0.3 is 25.0 Å². The number of aliphatic carboxylic acids is 1. The van der Waals surface area contributed by atoms with Gasteiger partial charge in [0.1, 0.15) is 17.7 Å². The number of pyridine rings is 1. The lowest BCUT2D eigenvalue weighted by Gasteiger charge is -2.60. The molecule has 2 aliphatic carbocycles. The number of rotatable bonds is 9. The number of carboxylic acid groups (broad SMARTS) is 1. The third kappa shape index (κ3) is 6.80. The van der Waals surface area contributed by atoms with Gasteiger partial charge in [-0.2, -0.15) is 0 Å². The maximum Gasteiger partial charge on any atom is 0.321 e. The lowest BCUT2D eigenvalue weighted by Crippen LogP contribution is -2.67. The first kappa shape index (κ1) is 38.6. The number of hydrogen-bond acceptors (Lipinski definition) is 11. The smallest absolute Gasteiger partial charge is 0.321 e. The Morgan fingerprint density at radius 3 is 2.68 bits per heavy atom. The summed E-state index contributed by atoms with van der Waals surface area (Å²) in [5.74, 6) is -2.75. The first-order valence-corrected chi connectivity index (χ1v) is 20.4. The van der Waals surface area contributed by atoms with E-state index in [-0.39, 0.29) is 23.7 Å². The Bertz CT molecular complexity index is 1720. The quantitative estimate of drug-likeness (QED) is 0.149. The molecule has 2 saturated heterocycles. The van der Waals surface area contributed by atoms with Crippen LogP contribution in [0.1, 0.15) is 58.9 Å². The van der Waals surface area contributed by atoms with Gasteiger partial charge in [0.25, 0.3) is 0 Å². The molecule has 53 heavy (non-hydrogen) atoms. The van der Waals surface area contributed by atoms with E-state index >= 15 is 0 Å². The van der Waals surface area contributed by atoms with E-state index in [1.165, 1.54) is 18.4 Å². The first-order chi connectivity index (χ1) is 25.2.